The summed E-state index contributed by atoms with van der Waals surface area (Å²) in [6, 6.07) is 11.5. The molecule has 1 aliphatic rings. The Hall–Kier alpha value is -2.19. The summed E-state index contributed by atoms with van der Waals surface area (Å²) >= 11 is 5.79. The number of hydrogen-bond donors (Lipinski definition) is 0. The lowest BCUT2D eigenvalue weighted by Gasteiger charge is -2.31. The molecule has 0 atom stereocenters. The van der Waals surface area contributed by atoms with E-state index in [0.717, 1.165) is 23.6 Å². The molecular weight excluding hydrogens is 325 g/mol. The van der Waals surface area contributed by atoms with Gasteiger partial charge in [-0.15, -0.1) is 0 Å². The summed E-state index contributed by atoms with van der Waals surface area (Å²) in [6.45, 7) is 1.16. The molecular formula is C17H12ClF3N2. The van der Waals surface area contributed by atoms with Crippen molar-refractivity contribution in [3.63, 3.8) is 0 Å². The molecule has 0 saturated carbocycles. The van der Waals surface area contributed by atoms with Crippen molar-refractivity contribution in [1.29, 1.82) is 5.26 Å². The first-order chi connectivity index (χ1) is 10.9. The molecule has 23 heavy (non-hydrogen) atoms. The minimum atomic E-state index is -4.46. The van der Waals surface area contributed by atoms with E-state index in [4.69, 9.17) is 11.6 Å². The zero-order chi connectivity index (χ0) is 16.6. The van der Waals surface area contributed by atoms with Crippen LogP contribution in [0.2, 0.25) is 5.02 Å². The zero-order valence-electron chi connectivity index (χ0n) is 12.0. The number of nitriles is 1. The van der Waals surface area contributed by atoms with Crippen molar-refractivity contribution in [2.45, 2.75) is 19.1 Å². The summed E-state index contributed by atoms with van der Waals surface area (Å²) in [5.74, 6) is 0. The maximum Gasteiger partial charge on any atom is 0.417 e. The van der Waals surface area contributed by atoms with Gasteiger partial charge in [-0.3, -0.25) is 0 Å². The molecule has 0 aromatic heterocycles. The molecule has 118 valence electrons. The van der Waals surface area contributed by atoms with Gasteiger partial charge in [-0.25, -0.2) is 0 Å². The fourth-order valence-corrected chi connectivity index (χ4v) is 3.12. The number of nitrogens with zero attached hydrogens (tertiary/aromatic N) is 2. The molecule has 3 rings (SSSR count). The van der Waals surface area contributed by atoms with E-state index < -0.39 is 11.7 Å². The average molecular weight is 337 g/mol. The zero-order valence-corrected chi connectivity index (χ0v) is 12.7. The predicted molar refractivity (Wildman–Crippen MR) is 82.4 cm³/mol. The molecule has 0 aliphatic carbocycles. The standard InChI is InChI=1S/C17H12ClF3N2/c18-16-8-13(4-5-15(16)17(19,20)21)23-7-6-11-2-1-3-12(9-22)14(11)10-23/h1-5,8H,6-7,10H2. The lowest BCUT2D eigenvalue weighted by molar-refractivity contribution is -0.137. The van der Waals surface area contributed by atoms with Crippen LogP contribution in [-0.2, 0) is 19.1 Å². The highest BCUT2D eigenvalue weighted by atomic mass is 35.5. The number of anilines is 1. The average Bonchev–Trinajstić information content (AvgIpc) is 2.52. The van der Waals surface area contributed by atoms with Gasteiger partial charge < -0.3 is 4.90 Å². The first kappa shape index (κ1) is 15.7. The summed E-state index contributed by atoms with van der Waals surface area (Å²) in [4.78, 5) is 1.94. The van der Waals surface area contributed by atoms with Crippen LogP contribution in [0.1, 0.15) is 22.3 Å². The van der Waals surface area contributed by atoms with E-state index in [-0.39, 0.29) is 5.02 Å². The highest BCUT2D eigenvalue weighted by Gasteiger charge is 2.33. The smallest absolute Gasteiger partial charge is 0.367 e. The third-order valence-corrected chi connectivity index (χ3v) is 4.33. The van der Waals surface area contributed by atoms with Gasteiger partial charge in [0.2, 0.25) is 0 Å². The van der Waals surface area contributed by atoms with Crippen molar-refractivity contribution in [3.05, 3.63) is 63.7 Å². The molecule has 0 amide bonds. The van der Waals surface area contributed by atoms with Gasteiger partial charge in [-0.05, 0) is 41.8 Å². The van der Waals surface area contributed by atoms with Crippen molar-refractivity contribution in [1.82, 2.24) is 0 Å². The minimum Gasteiger partial charge on any atom is -0.367 e. The third-order valence-electron chi connectivity index (χ3n) is 4.02. The molecule has 0 unspecified atom stereocenters. The van der Waals surface area contributed by atoms with E-state index in [0.29, 0.717) is 24.3 Å². The summed E-state index contributed by atoms with van der Waals surface area (Å²) < 4.78 is 38.4. The Morgan fingerprint density at radius 2 is 1.96 bits per heavy atom. The normalized spacial score (nSPS) is 14.3. The monoisotopic (exact) mass is 336 g/mol. The van der Waals surface area contributed by atoms with E-state index in [1.807, 2.05) is 17.0 Å². The fraction of sp³-hybridized carbons (Fsp3) is 0.235. The highest BCUT2D eigenvalue weighted by Crippen LogP contribution is 2.37. The molecule has 0 radical (unpaired) electrons. The van der Waals surface area contributed by atoms with Crippen molar-refractivity contribution >= 4 is 17.3 Å². The van der Waals surface area contributed by atoms with E-state index >= 15 is 0 Å². The van der Waals surface area contributed by atoms with Gasteiger partial charge in [0.25, 0.3) is 0 Å². The van der Waals surface area contributed by atoms with Gasteiger partial charge in [0.05, 0.1) is 22.2 Å². The second kappa shape index (κ2) is 5.78. The van der Waals surface area contributed by atoms with E-state index in [1.54, 1.807) is 6.07 Å². The first-order valence-corrected chi connectivity index (χ1v) is 7.40. The Bertz CT molecular complexity index is 793. The second-order valence-electron chi connectivity index (χ2n) is 5.39. The minimum absolute atomic E-state index is 0.311. The summed E-state index contributed by atoms with van der Waals surface area (Å²) in [6.07, 6.45) is -3.72. The van der Waals surface area contributed by atoms with Crippen LogP contribution < -0.4 is 4.90 Å². The van der Waals surface area contributed by atoms with E-state index in [1.165, 1.54) is 12.1 Å². The maximum absolute atomic E-state index is 12.8. The Morgan fingerprint density at radius 3 is 2.61 bits per heavy atom. The molecule has 0 N–H and O–H groups in total. The van der Waals surface area contributed by atoms with E-state index in [9.17, 15) is 18.4 Å². The van der Waals surface area contributed by atoms with Gasteiger partial charge in [-0.2, -0.15) is 18.4 Å². The van der Waals surface area contributed by atoms with Crippen LogP contribution in [-0.4, -0.2) is 6.54 Å². The topological polar surface area (TPSA) is 27.0 Å². The largest absolute Gasteiger partial charge is 0.417 e. The summed E-state index contributed by atoms with van der Waals surface area (Å²) in [7, 11) is 0. The molecule has 2 aromatic carbocycles. The van der Waals surface area contributed by atoms with Gasteiger partial charge in [-0.1, -0.05) is 23.7 Å². The fourth-order valence-electron chi connectivity index (χ4n) is 2.84. The lowest BCUT2D eigenvalue weighted by atomic mass is 9.95. The number of alkyl halides is 3. The third kappa shape index (κ3) is 2.99. The maximum atomic E-state index is 12.8. The Balaban J connectivity index is 1.93. The van der Waals surface area contributed by atoms with Gasteiger partial charge in [0, 0.05) is 18.8 Å². The molecule has 1 heterocycles. The molecule has 0 bridgehead atoms. The Morgan fingerprint density at radius 1 is 1.17 bits per heavy atom. The number of halogens is 4. The Kier molecular flexibility index (Phi) is 3.95. The molecule has 0 spiro atoms. The molecule has 6 heteroatoms. The van der Waals surface area contributed by atoms with Crippen LogP contribution in [0.25, 0.3) is 0 Å². The number of hydrogen-bond acceptors (Lipinski definition) is 2. The van der Waals surface area contributed by atoms with Crippen LogP contribution in [0.15, 0.2) is 36.4 Å². The van der Waals surface area contributed by atoms with Crippen molar-refractivity contribution in [3.8, 4) is 6.07 Å². The van der Waals surface area contributed by atoms with E-state index in [2.05, 4.69) is 6.07 Å². The second-order valence-corrected chi connectivity index (χ2v) is 5.80. The van der Waals surface area contributed by atoms with Crippen molar-refractivity contribution in [2.75, 3.05) is 11.4 Å². The van der Waals surface area contributed by atoms with Crippen molar-refractivity contribution < 1.29 is 13.2 Å². The number of rotatable bonds is 1. The summed E-state index contributed by atoms with van der Waals surface area (Å²) in [5.41, 5.74) is 2.43. The molecule has 1 aliphatic heterocycles. The molecule has 0 saturated heterocycles. The number of benzene rings is 2. The van der Waals surface area contributed by atoms with Crippen LogP contribution in [0.5, 0.6) is 0 Å². The Labute approximate surface area is 136 Å². The number of fused-ring (bicyclic) bond motifs is 1. The van der Waals surface area contributed by atoms with Gasteiger partial charge in [0.15, 0.2) is 0 Å². The quantitative estimate of drug-likeness (QED) is 0.748. The molecule has 2 aromatic rings. The van der Waals surface area contributed by atoms with Crippen LogP contribution in [0.4, 0.5) is 18.9 Å². The lowest BCUT2D eigenvalue weighted by Crippen LogP contribution is -2.31. The first-order valence-electron chi connectivity index (χ1n) is 7.02. The van der Waals surface area contributed by atoms with Crippen LogP contribution in [0.3, 0.4) is 0 Å². The van der Waals surface area contributed by atoms with Crippen molar-refractivity contribution in [2.24, 2.45) is 0 Å². The summed E-state index contributed by atoms with van der Waals surface area (Å²) in [5, 5.41) is 8.90. The molecule has 2 nitrogen and oxygen atoms in total. The van der Waals surface area contributed by atoms with Gasteiger partial charge in [0.1, 0.15) is 0 Å². The van der Waals surface area contributed by atoms with Crippen LogP contribution >= 0.6 is 11.6 Å². The highest BCUT2D eigenvalue weighted by molar-refractivity contribution is 6.31. The molecule has 0 fully saturated rings. The predicted octanol–water partition coefficient (Wildman–Crippen LogP) is 4.79. The van der Waals surface area contributed by atoms with Gasteiger partial charge >= 0.3 is 6.18 Å². The SMILES string of the molecule is N#Cc1cccc2c1CN(c1ccc(C(F)(F)F)c(Cl)c1)CC2. The van der Waals surface area contributed by atoms with Crippen LogP contribution in [0, 0.1) is 11.3 Å².